The third-order valence-corrected chi connectivity index (χ3v) is 7.76. The molecule has 1 amide bonds. The third kappa shape index (κ3) is 6.28. The second-order valence-corrected chi connectivity index (χ2v) is 12.2. The summed E-state index contributed by atoms with van der Waals surface area (Å²) in [5.74, 6) is 1.00. The van der Waals surface area contributed by atoms with Crippen LogP contribution in [0.2, 0.25) is 0 Å². The van der Waals surface area contributed by atoms with E-state index in [9.17, 15) is 9.59 Å². The van der Waals surface area contributed by atoms with E-state index in [1.807, 2.05) is 43.9 Å². The highest BCUT2D eigenvalue weighted by molar-refractivity contribution is 5.71. The lowest BCUT2D eigenvalue weighted by Crippen LogP contribution is -2.57. The molecule has 0 radical (unpaired) electrons. The summed E-state index contributed by atoms with van der Waals surface area (Å²) in [6.07, 6.45) is 5.18. The zero-order valence-electron chi connectivity index (χ0n) is 23.9. The molecule has 5 atom stereocenters. The predicted molar refractivity (Wildman–Crippen MR) is 143 cm³/mol. The number of para-hydroxylation sites is 1. The van der Waals surface area contributed by atoms with E-state index in [-0.39, 0.29) is 36.7 Å². The van der Waals surface area contributed by atoms with Crippen LogP contribution < -0.4 is 9.47 Å². The number of hydrogen-bond acceptors (Lipinski definition) is 7. The van der Waals surface area contributed by atoms with Crippen LogP contribution in [0.25, 0.3) is 0 Å². The van der Waals surface area contributed by atoms with Crippen LogP contribution in [0, 0.1) is 11.8 Å². The Balaban J connectivity index is 1.61. The first-order chi connectivity index (χ1) is 17.9. The van der Waals surface area contributed by atoms with Crippen molar-refractivity contribution < 1.29 is 33.3 Å². The van der Waals surface area contributed by atoms with Gasteiger partial charge in [-0.05, 0) is 73.3 Å². The van der Waals surface area contributed by atoms with E-state index in [2.05, 4.69) is 26.8 Å². The van der Waals surface area contributed by atoms with Gasteiger partial charge >= 0.3 is 12.1 Å². The Morgan fingerprint density at radius 2 is 2.00 bits per heavy atom. The van der Waals surface area contributed by atoms with E-state index < -0.39 is 17.2 Å². The van der Waals surface area contributed by atoms with Crippen LogP contribution in [-0.4, -0.2) is 61.1 Å². The summed E-state index contributed by atoms with van der Waals surface area (Å²) in [7, 11) is 1.34. The molecule has 0 aliphatic carbocycles. The number of rotatable bonds is 6. The highest BCUT2D eigenvalue weighted by atomic mass is 16.6. The lowest BCUT2D eigenvalue weighted by atomic mass is 9.68. The van der Waals surface area contributed by atoms with Crippen LogP contribution >= 0.6 is 0 Å². The van der Waals surface area contributed by atoms with E-state index >= 15 is 0 Å². The summed E-state index contributed by atoms with van der Waals surface area (Å²) in [6, 6.07) is 5.77. The Kier molecular flexibility index (Phi) is 8.31. The number of nitrogens with zero attached hydrogens (tertiary/aromatic N) is 1. The van der Waals surface area contributed by atoms with E-state index in [0.717, 1.165) is 31.2 Å². The molecular formula is C30H43NO7. The monoisotopic (exact) mass is 529 g/mol. The molecule has 210 valence electrons. The van der Waals surface area contributed by atoms with Crippen molar-refractivity contribution in [1.82, 2.24) is 4.90 Å². The molecule has 3 aliphatic heterocycles. The van der Waals surface area contributed by atoms with Crippen LogP contribution in [0.5, 0.6) is 11.5 Å². The fourth-order valence-electron chi connectivity index (χ4n) is 5.87. The number of hydrogen-bond donors (Lipinski definition) is 0. The number of esters is 1. The maximum absolute atomic E-state index is 12.8. The van der Waals surface area contributed by atoms with Gasteiger partial charge in [-0.2, -0.15) is 0 Å². The van der Waals surface area contributed by atoms with Crippen molar-refractivity contribution in [2.75, 3.05) is 26.8 Å². The number of piperidine rings is 1. The molecule has 0 N–H and O–H groups in total. The molecule has 0 bridgehead atoms. The Bertz CT molecular complexity index is 1060. The molecule has 0 unspecified atom stereocenters. The summed E-state index contributed by atoms with van der Waals surface area (Å²) in [5.41, 5.74) is 1.17. The van der Waals surface area contributed by atoms with Crippen LogP contribution in [0.1, 0.15) is 78.9 Å². The molecule has 4 rings (SSSR count). The van der Waals surface area contributed by atoms with E-state index in [1.165, 1.54) is 12.7 Å². The number of amides is 1. The average Bonchev–Trinajstić information content (AvgIpc) is 2.85. The average molecular weight is 530 g/mol. The number of carbonyl (C=O) groups is 2. The first-order valence-corrected chi connectivity index (χ1v) is 13.7. The normalized spacial score (nSPS) is 28.1. The fraction of sp³-hybridized carbons (Fsp3) is 0.667. The van der Waals surface area contributed by atoms with Crippen molar-refractivity contribution in [3.63, 3.8) is 0 Å². The van der Waals surface area contributed by atoms with Crippen LogP contribution in [0.15, 0.2) is 29.8 Å². The predicted octanol–water partition coefficient (Wildman–Crippen LogP) is 5.84. The molecule has 0 spiro atoms. The maximum atomic E-state index is 12.8. The van der Waals surface area contributed by atoms with Gasteiger partial charge in [-0.25, -0.2) is 9.59 Å². The number of fused-ring (bicyclic) bond motifs is 4. The molecule has 8 nitrogen and oxygen atoms in total. The minimum atomic E-state index is -0.528. The molecule has 3 aliphatic rings. The molecule has 3 heterocycles. The zero-order chi connectivity index (χ0) is 27.7. The number of benzene rings is 1. The molecule has 2 fully saturated rings. The van der Waals surface area contributed by atoms with Gasteiger partial charge < -0.3 is 28.6 Å². The Morgan fingerprint density at radius 3 is 2.68 bits per heavy atom. The lowest BCUT2D eigenvalue weighted by Gasteiger charge is -2.54. The molecular weight excluding hydrogens is 486 g/mol. The minimum Gasteiger partial charge on any atom is -0.483 e. The minimum absolute atomic E-state index is 0.0440. The topological polar surface area (TPSA) is 83.5 Å². The standard InChI is InChI=1S/C30H43NO7/c1-19(2)10-9-14-30(6)22-16-20-17-31(28(33)38-29(3,4)5)15-13-23(20)36-26(22)21-11-8-12-24(27(21)37-30)35-18-25(32)34-7/h8,10-12,20,22-23,26H,9,13-18H2,1-7H3/t20-,22-,23-,26+,30-/m0/s1. The van der Waals surface area contributed by atoms with Gasteiger partial charge in [0.25, 0.3) is 0 Å². The van der Waals surface area contributed by atoms with Gasteiger partial charge in [0.1, 0.15) is 11.2 Å². The van der Waals surface area contributed by atoms with Gasteiger partial charge in [-0.15, -0.1) is 0 Å². The first kappa shape index (κ1) is 28.3. The number of methoxy groups -OCH3 is 1. The summed E-state index contributed by atoms with van der Waals surface area (Å²) < 4.78 is 29.9. The summed E-state index contributed by atoms with van der Waals surface area (Å²) in [6.45, 7) is 13.1. The van der Waals surface area contributed by atoms with Crippen LogP contribution in [0.3, 0.4) is 0 Å². The number of ether oxygens (including phenoxy) is 5. The van der Waals surface area contributed by atoms with Crippen LogP contribution in [0.4, 0.5) is 4.79 Å². The fourth-order valence-corrected chi connectivity index (χ4v) is 5.87. The summed E-state index contributed by atoms with van der Waals surface area (Å²) in [5, 5.41) is 0. The summed E-state index contributed by atoms with van der Waals surface area (Å²) >= 11 is 0. The molecule has 2 saturated heterocycles. The van der Waals surface area contributed by atoms with E-state index in [4.69, 9.17) is 23.7 Å². The van der Waals surface area contributed by atoms with Crippen molar-refractivity contribution in [3.8, 4) is 11.5 Å². The van der Waals surface area contributed by atoms with Crippen molar-refractivity contribution in [2.24, 2.45) is 11.8 Å². The van der Waals surface area contributed by atoms with Crippen molar-refractivity contribution >= 4 is 12.1 Å². The molecule has 0 saturated carbocycles. The second-order valence-electron chi connectivity index (χ2n) is 12.2. The smallest absolute Gasteiger partial charge is 0.410 e. The van der Waals surface area contributed by atoms with Crippen molar-refractivity contribution in [2.45, 2.75) is 90.6 Å². The largest absolute Gasteiger partial charge is 0.483 e. The molecule has 1 aromatic rings. The maximum Gasteiger partial charge on any atom is 0.410 e. The second kappa shape index (κ2) is 11.2. The first-order valence-electron chi connectivity index (χ1n) is 13.7. The van der Waals surface area contributed by atoms with Gasteiger partial charge in [0.05, 0.1) is 19.3 Å². The van der Waals surface area contributed by atoms with Gasteiger partial charge in [0, 0.05) is 30.5 Å². The molecule has 0 aromatic heterocycles. The van der Waals surface area contributed by atoms with Gasteiger partial charge in [0.2, 0.25) is 0 Å². The Hall–Kier alpha value is -2.74. The SMILES string of the molecule is COC(=O)COc1cccc2c1O[C@@](C)(CCC=C(C)C)[C@H]1C[C@H]3CN(C(=O)OC(C)(C)C)CC[C@@H]3O[C@H]21. The van der Waals surface area contributed by atoms with E-state index in [0.29, 0.717) is 24.6 Å². The Morgan fingerprint density at radius 1 is 1.24 bits per heavy atom. The molecule has 8 heteroatoms. The van der Waals surface area contributed by atoms with Gasteiger partial charge in [-0.3, -0.25) is 0 Å². The quantitative estimate of drug-likeness (QED) is 0.338. The van der Waals surface area contributed by atoms with Gasteiger partial charge in [0.15, 0.2) is 18.1 Å². The number of allylic oxidation sites excluding steroid dienone is 2. The van der Waals surface area contributed by atoms with Crippen molar-refractivity contribution in [1.29, 1.82) is 0 Å². The third-order valence-electron chi connectivity index (χ3n) is 7.76. The highest BCUT2D eigenvalue weighted by Crippen LogP contribution is 2.56. The van der Waals surface area contributed by atoms with Crippen LogP contribution in [-0.2, 0) is 19.0 Å². The Labute approximate surface area is 226 Å². The lowest BCUT2D eigenvalue weighted by molar-refractivity contribution is -0.191. The van der Waals surface area contributed by atoms with Gasteiger partial charge in [-0.1, -0.05) is 23.8 Å². The number of carbonyl (C=O) groups excluding carboxylic acids is 2. The zero-order valence-corrected chi connectivity index (χ0v) is 23.9. The molecule has 38 heavy (non-hydrogen) atoms. The highest BCUT2D eigenvalue weighted by Gasteiger charge is 2.54. The molecule has 1 aromatic carbocycles. The summed E-state index contributed by atoms with van der Waals surface area (Å²) in [4.78, 5) is 26.4. The van der Waals surface area contributed by atoms with E-state index in [1.54, 1.807) is 0 Å². The van der Waals surface area contributed by atoms with Crippen molar-refractivity contribution in [3.05, 3.63) is 35.4 Å². The number of likely N-dealkylation sites (tertiary alicyclic amines) is 1.